The zero-order valence-corrected chi connectivity index (χ0v) is 10.2. The van der Waals surface area contributed by atoms with E-state index >= 15 is 0 Å². The van der Waals surface area contributed by atoms with E-state index in [2.05, 4.69) is 19.2 Å². The molecule has 2 rings (SSSR count). The molecule has 2 unspecified atom stereocenters. The topological polar surface area (TPSA) is 41.6 Å². The monoisotopic (exact) mass is 226 g/mol. The van der Waals surface area contributed by atoms with Gasteiger partial charge < -0.3 is 9.64 Å². The van der Waals surface area contributed by atoms with Crippen LogP contribution in [0.1, 0.15) is 33.1 Å². The van der Waals surface area contributed by atoms with Gasteiger partial charge in [-0.3, -0.25) is 10.1 Å². The van der Waals surface area contributed by atoms with Crippen molar-refractivity contribution in [3.05, 3.63) is 0 Å². The Bertz CT molecular complexity index is 249. The summed E-state index contributed by atoms with van der Waals surface area (Å²) in [7, 11) is 0. The standard InChI is InChI=1S/C12H22N2O2/c1-9(2)11-12(15)14(8-13-11)7-10-5-3-4-6-16-10/h9-11,13H,3-8H2,1-2H3. The van der Waals surface area contributed by atoms with Crippen molar-refractivity contribution in [3.63, 3.8) is 0 Å². The summed E-state index contributed by atoms with van der Waals surface area (Å²) in [6, 6.07) is 0.00332. The van der Waals surface area contributed by atoms with Crippen LogP contribution in [0.5, 0.6) is 0 Å². The quantitative estimate of drug-likeness (QED) is 0.779. The maximum atomic E-state index is 12.0. The normalized spacial score (nSPS) is 31.4. The van der Waals surface area contributed by atoms with Gasteiger partial charge in [0.25, 0.3) is 0 Å². The zero-order valence-electron chi connectivity index (χ0n) is 10.2. The average Bonchev–Trinajstić information content (AvgIpc) is 2.62. The second kappa shape index (κ2) is 5.15. The van der Waals surface area contributed by atoms with Crippen LogP contribution >= 0.6 is 0 Å². The fourth-order valence-corrected chi connectivity index (χ4v) is 2.44. The molecule has 1 N–H and O–H groups in total. The number of hydrogen-bond acceptors (Lipinski definition) is 3. The molecule has 92 valence electrons. The summed E-state index contributed by atoms with van der Waals surface area (Å²) >= 11 is 0. The van der Waals surface area contributed by atoms with Gasteiger partial charge in [0, 0.05) is 13.2 Å². The molecule has 0 aromatic heterocycles. The highest BCUT2D eigenvalue weighted by atomic mass is 16.5. The number of amides is 1. The molecule has 2 aliphatic rings. The van der Waals surface area contributed by atoms with Gasteiger partial charge in [0.1, 0.15) is 0 Å². The summed E-state index contributed by atoms with van der Waals surface area (Å²) in [5.74, 6) is 0.606. The number of carbonyl (C=O) groups is 1. The molecular formula is C12H22N2O2. The van der Waals surface area contributed by atoms with Gasteiger partial charge >= 0.3 is 0 Å². The van der Waals surface area contributed by atoms with Gasteiger partial charge in [0.2, 0.25) is 5.91 Å². The fraction of sp³-hybridized carbons (Fsp3) is 0.917. The van der Waals surface area contributed by atoms with Gasteiger partial charge in [-0.25, -0.2) is 0 Å². The molecule has 2 aliphatic heterocycles. The van der Waals surface area contributed by atoms with Crippen LogP contribution in [0.2, 0.25) is 0 Å². The third-order valence-corrected chi connectivity index (χ3v) is 3.44. The average molecular weight is 226 g/mol. The molecule has 0 aromatic rings. The molecular weight excluding hydrogens is 204 g/mol. The third kappa shape index (κ3) is 2.55. The first kappa shape index (κ1) is 11.9. The third-order valence-electron chi connectivity index (χ3n) is 3.44. The van der Waals surface area contributed by atoms with E-state index < -0.39 is 0 Å². The molecule has 0 aliphatic carbocycles. The summed E-state index contributed by atoms with van der Waals surface area (Å²) in [4.78, 5) is 13.9. The molecule has 16 heavy (non-hydrogen) atoms. The molecule has 0 spiro atoms. The smallest absolute Gasteiger partial charge is 0.241 e. The van der Waals surface area contributed by atoms with E-state index in [1.54, 1.807) is 0 Å². The van der Waals surface area contributed by atoms with Crippen molar-refractivity contribution < 1.29 is 9.53 Å². The number of nitrogens with one attached hydrogen (secondary N) is 1. The lowest BCUT2D eigenvalue weighted by Crippen LogP contribution is -2.39. The number of hydrogen-bond donors (Lipinski definition) is 1. The van der Waals surface area contributed by atoms with E-state index in [0.717, 1.165) is 26.0 Å². The maximum absolute atomic E-state index is 12.0. The Labute approximate surface area is 97.3 Å². The van der Waals surface area contributed by atoms with Gasteiger partial charge in [-0.15, -0.1) is 0 Å². The minimum atomic E-state index is 0.00332. The van der Waals surface area contributed by atoms with Gasteiger partial charge in [0.15, 0.2) is 0 Å². The van der Waals surface area contributed by atoms with E-state index in [1.807, 2.05) is 4.90 Å². The Kier molecular flexibility index (Phi) is 3.82. The largest absolute Gasteiger partial charge is 0.376 e. The number of carbonyl (C=O) groups excluding carboxylic acids is 1. The minimum absolute atomic E-state index is 0.00332. The summed E-state index contributed by atoms with van der Waals surface area (Å²) in [6.45, 7) is 6.46. The number of rotatable bonds is 3. The lowest BCUT2D eigenvalue weighted by Gasteiger charge is -2.27. The Hall–Kier alpha value is -0.610. The molecule has 2 saturated heterocycles. The molecule has 4 nitrogen and oxygen atoms in total. The highest BCUT2D eigenvalue weighted by molar-refractivity contribution is 5.84. The van der Waals surface area contributed by atoms with E-state index in [-0.39, 0.29) is 18.1 Å². The van der Waals surface area contributed by atoms with Crippen LogP contribution in [0.3, 0.4) is 0 Å². The van der Waals surface area contributed by atoms with Crippen molar-refractivity contribution in [3.8, 4) is 0 Å². The van der Waals surface area contributed by atoms with Crippen LogP contribution in [0.4, 0.5) is 0 Å². The second-order valence-electron chi connectivity index (χ2n) is 5.13. The Morgan fingerprint density at radius 2 is 2.31 bits per heavy atom. The fourth-order valence-electron chi connectivity index (χ4n) is 2.44. The summed E-state index contributed by atoms with van der Waals surface area (Å²) < 4.78 is 5.66. The van der Waals surface area contributed by atoms with Crippen LogP contribution in [0.15, 0.2) is 0 Å². The Morgan fingerprint density at radius 1 is 1.50 bits per heavy atom. The Morgan fingerprint density at radius 3 is 2.88 bits per heavy atom. The van der Waals surface area contributed by atoms with E-state index in [9.17, 15) is 4.79 Å². The van der Waals surface area contributed by atoms with Gasteiger partial charge in [-0.2, -0.15) is 0 Å². The summed E-state index contributed by atoms with van der Waals surface area (Å²) in [5.41, 5.74) is 0. The molecule has 4 heteroatoms. The summed E-state index contributed by atoms with van der Waals surface area (Å²) in [6.07, 6.45) is 3.74. The highest BCUT2D eigenvalue weighted by Gasteiger charge is 2.34. The van der Waals surface area contributed by atoms with Crippen LogP contribution in [0, 0.1) is 5.92 Å². The molecule has 0 saturated carbocycles. The van der Waals surface area contributed by atoms with Crippen LogP contribution in [-0.2, 0) is 9.53 Å². The molecule has 2 atom stereocenters. The molecule has 2 heterocycles. The van der Waals surface area contributed by atoms with E-state index in [0.29, 0.717) is 12.6 Å². The summed E-state index contributed by atoms with van der Waals surface area (Å²) in [5, 5.41) is 3.27. The van der Waals surface area contributed by atoms with E-state index in [4.69, 9.17) is 4.74 Å². The predicted molar refractivity (Wildman–Crippen MR) is 61.9 cm³/mol. The SMILES string of the molecule is CC(C)C1NCN(CC2CCCCO2)C1=O. The van der Waals surface area contributed by atoms with Crippen molar-refractivity contribution in [1.82, 2.24) is 10.2 Å². The molecule has 0 radical (unpaired) electrons. The lowest BCUT2D eigenvalue weighted by atomic mass is 10.0. The maximum Gasteiger partial charge on any atom is 0.241 e. The highest BCUT2D eigenvalue weighted by Crippen LogP contribution is 2.17. The van der Waals surface area contributed by atoms with Crippen molar-refractivity contribution in [2.75, 3.05) is 19.8 Å². The second-order valence-corrected chi connectivity index (χ2v) is 5.13. The first-order valence-electron chi connectivity index (χ1n) is 6.32. The van der Waals surface area contributed by atoms with Gasteiger partial charge in [-0.05, 0) is 25.2 Å². The van der Waals surface area contributed by atoms with Crippen LogP contribution in [-0.4, -0.2) is 42.8 Å². The first-order valence-corrected chi connectivity index (χ1v) is 6.32. The van der Waals surface area contributed by atoms with Crippen molar-refractivity contribution >= 4 is 5.91 Å². The number of nitrogens with zero attached hydrogens (tertiary/aromatic N) is 1. The Balaban J connectivity index is 1.84. The lowest BCUT2D eigenvalue weighted by molar-refractivity contribution is -0.131. The molecule has 1 amide bonds. The predicted octanol–water partition coefficient (Wildman–Crippen LogP) is 0.969. The minimum Gasteiger partial charge on any atom is -0.376 e. The van der Waals surface area contributed by atoms with Crippen LogP contribution < -0.4 is 5.32 Å². The zero-order chi connectivity index (χ0) is 11.5. The number of ether oxygens (including phenoxy) is 1. The molecule has 0 bridgehead atoms. The van der Waals surface area contributed by atoms with Crippen molar-refractivity contribution in [2.24, 2.45) is 5.92 Å². The molecule has 2 fully saturated rings. The molecule has 0 aromatic carbocycles. The van der Waals surface area contributed by atoms with Crippen molar-refractivity contribution in [1.29, 1.82) is 0 Å². The van der Waals surface area contributed by atoms with Crippen LogP contribution in [0.25, 0.3) is 0 Å². The first-order chi connectivity index (χ1) is 7.68. The van der Waals surface area contributed by atoms with Gasteiger partial charge in [-0.1, -0.05) is 13.8 Å². The van der Waals surface area contributed by atoms with Gasteiger partial charge in [0.05, 0.1) is 18.8 Å². The van der Waals surface area contributed by atoms with Crippen molar-refractivity contribution in [2.45, 2.75) is 45.3 Å². The van der Waals surface area contributed by atoms with E-state index in [1.165, 1.54) is 6.42 Å².